The number of amides is 2. The van der Waals surface area contributed by atoms with Crippen molar-refractivity contribution in [2.24, 2.45) is 5.73 Å². The summed E-state index contributed by atoms with van der Waals surface area (Å²) < 4.78 is 0. The molecule has 0 spiro atoms. The van der Waals surface area contributed by atoms with Crippen LogP contribution >= 0.6 is 0 Å². The van der Waals surface area contributed by atoms with Crippen LogP contribution in [0.5, 0.6) is 0 Å². The normalized spacial score (nSPS) is 27.1. The first-order valence-electron chi connectivity index (χ1n) is 7.42. The van der Waals surface area contributed by atoms with Gasteiger partial charge < -0.3 is 5.73 Å². The Balaban J connectivity index is 1.90. The maximum Gasteiger partial charge on any atom is 0.261 e. The van der Waals surface area contributed by atoms with Crippen LogP contribution in [-0.2, 0) is 0 Å². The Morgan fingerprint density at radius 2 is 1.45 bits per heavy atom. The summed E-state index contributed by atoms with van der Waals surface area (Å²) in [6, 6.07) is 6.80. The van der Waals surface area contributed by atoms with E-state index in [9.17, 15) is 9.59 Å². The number of carbonyl (C=O) groups is 2. The molecule has 2 atom stereocenters. The molecule has 1 aliphatic heterocycles. The zero-order valence-electron chi connectivity index (χ0n) is 11.5. The van der Waals surface area contributed by atoms with Crippen LogP contribution < -0.4 is 5.73 Å². The van der Waals surface area contributed by atoms with Gasteiger partial charge >= 0.3 is 0 Å². The lowest BCUT2D eigenvalue weighted by Crippen LogP contribution is -2.50. The molecular weight excluding hydrogens is 252 g/mol. The van der Waals surface area contributed by atoms with Crippen molar-refractivity contribution in [3.63, 3.8) is 0 Å². The van der Waals surface area contributed by atoms with Crippen molar-refractivity contribution in [2.45, 2.75) is 50.6 Å². The third kappa shape index (κ3) is 2.14. The maximum absolute atomic E-state index is 12.5. The Kier molecular flexibility index (Phi) is 3.57. The van der Waals surface area contributed by atoms with Crippen LogP contribution in [0.25, 0.3) is 0 Å². The summed E-state index contributed by atoms with van der Waals surface area (Å²) in [6.45, 7) is 0. The Bertz CT molecular complexity index is 506. The molecule has 4 heteroatoms. The second kappa shape index (κ2) is 5.37. The van der Waals surface area contributed by atoms with Gasteiger partial charge in [0.15, 0.2) is 0 Å². The largest absolute Gasteiger partial charge is 0.326 e. The average Bonchev–Trinajstić information content (AvgIpc) is 2.69. The van der Waals surface area contributed by atoms with Gasteiger partial charge in [0, 0.05) is 6.04 Å². The van der Waals surface area contributed by atoms with Crippen LogP contribution in [-0.4, -0.2) is 28.8 Å². The molecule has 3 rings (SSSR count). The van der Waals surface area contributed by atoms with Gasteiger partial charge in [-0.1, -0.05) is 37.8 Å². The molecule has 106 valence electrons. The van der Waals surface area contributed by atoms with E-state index in [1.54, 1.807) is 24.3 Å². The molecule has 1 heterocycles. The second-order valence-electron chi connectivity index (χ2n) is 5.75. The highest BCUT2D eigenvalue weighted by atomic mass is 16.2. The highest BCUT2D eigenvalue weighted by molar-refractivity contribution is 6.21. The predicted octanol–water partition coefficient (Wildman–Crippen LogP) is 2.33. The van der Waals surface area contributed by atoms with Crippen molar-refractivity contribution in [1.29, 1.82) is 0 Å². The Labute approximate surface area is 118 Å². The number of fused-ring (bicyclic) bond motifs is 1. The van der Waals surface area contributed by atoms with Crippen LogP contribution in [0.4, 0.5) is 0 Å². The number of carbonyl (C=O) groups excluding carboxylic acids is 2. The van der Waals surface area contributed by atoms with E-state index < -0.39 is 0 Å². The van der Waals surface area contributed by atoms with E-state index in [-0.39, 0.29) is 23.9 Å². The number of benzene rings is 1. The Hall–Kier alpha value is -1.68. The molecular formula is C16H20N2O2. The number of hydrogen-bond acceptors (Lipinski definition) is 3. The zero-order chi connectivity index (χ0) is 14.1. The molecule has 0 bridgehead atoms. The van der Waals surface area contributed by atoms with Crippen molar-refractivity contribution in [2.75, 3.05) is 0 Å². The molecule has 0 radical (unpaired) electrons. The highest BCUT2D eigenvalue weighted by Gasteiger charge is 2.41. The van der Waals surface area contributed by atoms with Gasteiger partial charge in [-0.3, -0.25) is 14.5 Å². The van der Waals surface area contributed by atoms with Gasteiger partial charge in [-0.15, -0.1) is 0 Å². The molecule has 0 saturated heterocycles. The minimum absolute atomic E-state index is 0.0995. The van der Waals surface area contributed by atoms with Crippen molar-refractivity contribution >= 4 is 11.8 Å². The molecule has 1 fully saturated rings. The summed E-state index contributed by atoms with van der Waals surface area (Å²) in [5, 5.41) is 0. The molecule has 2 amide bonds. The summed E-state index contributed by atoms with van der Waals surface area (Å²) in [4.78, 5) is 26.4. The fourth-order valence-electron chi connectivity index (χ4n) is 3.32. The molecule has 2 N–H and O–H groups in total. The molecule has 1 aromatic rings. The zero-order valence-corrected chi connectivity index (χ0v) is 11.5. The van der Waals surface area contributed by atoms with E-state index in [0.717, 1.165) is 32.1 Å². The first-order valence-corrected chi connectivity index (χ1v) is 7.42. The standard InChI is InChI=1S/C16H20N2O2/c17-13-9-3-1-2-4-10-14(13)18-15(19)11-7-5-6-8-12(11)16(18)20/h5-8,13-14H,1-4,9-10,17H2. The second-order valence-corrected chi connectivity index (χ2v) is 5.75. The van der Waals surface area contributed by atoms with Crippen LogP contribution in [0.3, 0.4) is 0 Å². The highest BCUT2D eigenvalue weighted by Crippen LogP contribution is 2.29. The van der Waals surface area contributed by atoms with Crippen LogP contribution in [0.1, 0.15) is 59.2 Å². The molecule has 1 aromatic carbocycles. The Morgan fingerprint density at radius 1 is 0.900 bits per heavy atom. The summed E-state index contributed by atoms with van der Waals surface area (Å²) in [5.74, 6) is -0.349. The molecule has 4 nitrogen and oxygen atoms in total. The summed E-state index contributed by atoms with van der Waals surface area (Å²) in [6.07, 6.45) is 6.19. The molecule has 1 saturated carbocycles. The summed E-state index contributed by atoms with van der Waals surface area (Å²) >= 11 is 0. The van der Waals surface area contributed by atoms with E-state index in [2.05, 4.69) is 0 Å². The van der Waals surface area contributed by atoms with E-state index >= 15 is 0 Å². The van der Waals surface area contributed by atoms with Gasteiger partial charge in [0.2, 0.25) is 0 Å². The number of nitrogens with zero attached hydrogens (tertiary/aromatic N) is 1. The first kappa shape index (κ1) is 13.3. The summed E-state index contributed by atoms with van der Waals surface area (Å²) in [5.41, 5.74) is 7.28. The smallest absolute Gasteiger partial charge is 0.261 e. The fourth-order valence-corrected chi connectivity index (χ4v) is 3.32. The number of rotatable bonds is 1. The van der Waals surface area contributed by atoms with Gasteiger partial charge in [-0.25, -0.2) is 0 Å². The van der Waals surface area contributed by atoms with Gasteiger partial charge in [-0.2, -0.15) is 0 Å². The predicted molar refractivity (Wildman–Crippen MR) is 76.4 cm³/mol. The maximum atomic E-state index is 12.5. The minimum atomic E-state index is -0.174. The third-order valence-corrected chi connectivity index (χ3v) is 4.44. The molecule has 0 aromatic heterocycles. The molecule has 1 aliphatic carbocycles. The number of imide groups is 1. The Morgan fingerprint density at radius 3 is 2.05 bits per heavy atom. The van der Waals surface area contributed by atoms with Crippen molar-refractivity contribution in [3.05, 3.63) is 35.4 Å². The lowest BCUT2D eigenvalue weighted by atomic mass is 9.92. The summed E-state index contributed by atoms with van der Waals surface area (Å²) in [7, 11) is 0. The monoisotopic (exact) mass is 272 g/mol. The quantitative estimate of drug-likeness (QED) is 0.798. The minimum Gasteiger partial charge on any atom is -0.326 e. The van der Waals surface area contributed by atoms with Gasteiger partial charge in [0.25, 0.3) is 11.8 Å². The third-order valence-electron chi connectivity index (χ3n) is 4.44. The topological polar surface area (TPSA) is 63.4 Å². The molecule has 2 unspecified atom stereocenters. The van der Waals surface area contributed by atoms with Crippen LogP contribution in [0.2, 0.25) is 0 Å². The fraction of sp³-hybridized carbons (Fsp3) is 0.500. The number of nitrogens with two attached hydrogens (primary N) is 1. The SMILES string of the molecule is NC1CCCCCCC1N1C(=O)c2ccccc2C1=O. The van der Waals surface area contributed by atoms with Crippen LogP contribution in [0, 0.1) is 0 Å². The average molecular weight is 272 g/mol. The van der Waals surface area contributed by atoms with E-state index in [1.807, 2.05) is 0 Å². The van der Waals surface area contributed by atoms with Gasteiger partial charge in [0.1, 0.15) is 0 Å². The van der Waals surface area contributed by atoms with E-state index in [1.165, 1.54) is 11.3 Å². The lowest BCUT2D eigenvalue weighted by Gasteiger charge is -2.32. The lowest BCUT2D eigenvalue weighted by molar-refractivity contribution is 0.0539. The van der Waals surface area contributed by atoms with Gasteiger partial charge in [0.05, 0.1) is 17.2 Å². The van der Waals surface area contributed by atoms with Crippen LogP contribution in [0.15, 0.2) is 24.3 Å². The van der Waals surface area contributed by atoms with Crippen molar-refractivity contribution in [1.82, 2.24) is 4.90 Å². The van der Waals surface area contributed by atoms with Crippen molar-refractivity contribution < 1.29 is 9.59 Å². The first-order chi connectivity index (χ1) is 9.70. The molecule has 2 aliphatic rings. The molecule has 20 heavy (non-hydrogen) atoms. The number of hydrogen-bond donors (Lipinski definition) is 1. The van der Waals surface area contributed by atoms with Crippen molar-refractivity contribution in [3.8, 4) is 0 Å². The van der Waals surface area contributed by atoms with Gasteiger partial charge in [-0.05, 0) is 25.0 Å². The van der Waals surface area contributed by atoms with E-state index in [4.69, 9.17) is 5.73 Å². The van der Waals surface area contributed by atoms with E-state index in [0.29, 0.717) is 11.1 Å².